The summed E-state index contributed by atoms with van der Waals surface area (Å²) in [5.74, 6) is 7.88. The van der Waals surface area contributed by atoms with Crippen molar-refractivity contribution in [2.45, 2.75) is 168 Å². The highest BCUT2D eigenvalue weighted by molar-refractivity contribution is 4.87. The van der Waals surface area contributed by atoms with E-state index in [2.05, 4.69) is 19.2 Å². The normalized spacial score (nSPS) is 38.1. The van der Waals surface area contributed by atoms with Crippen LogP contribution in [0.2, 0.25) is 0 Å². The average Bonchev–Trinajstić information content (AvgIpc) is 3.09. The molecule has 1 nitrogen and oxygen atoms in total. The lowest BCUT2D eigenvalue weighted by Crippen LogP contribution is -2.36. The van der Waals surface area contributed by atoms with Crippen molar-refractivity contribution in [3.05, 3.63) is 0 Å². The molecule has 1 heterocycles. The van der Waals surface area contributed by atoms with Crippen LogP contribution < -0.4 is 5.32 Å². The predicted molar refractivity (Wildman–Crippen MR) is 163 cm³/mol. The van der Waals surface area contributed by atoms with E-state index < -0.39 is 0 Å². The van der Waals surface area contributed by atoms with Crippen molar-refractivity contribution in [3.63, 3.8) is 0 Å². The van der Waals surface area contributed by atoms with Gasteiger partial charge in [-0.2, -0.15) is 0 Å². The van der Waals surface area contributed by atoms with E-state index in [0.717, 1.165) is 47.3 Å². The molecule has 0 aromatic heterocycles. The quantitative estimate of drug-likeness (QED) is 0.370. The van der Waals surface area contributed by atoms with E-state index in [9.17, 15) is 0 Å². The van der Waals surface area contributed by atoms with Crippen LogP contribution in [0.3, 0.4) is 0 Å². The van der Waals surface area contributed by atoms with Crippen molar-refractivity contribution in [1.29, 1.82) is 0 Å². The lowest BCUT2D eigenvalue weighted by molar-refractivity contribution is 0.0947. The smallest absolute Gasteiger partial charge is 0.00178 e. The van der Waals surface area contributed by atoms with Crippen LogP contribution in [0.15, 0.2) is 0 Å². The average molecular weight is 514 g/mol. The summed E-state index contributed by atoms with van der Waals surface area (Å²) in [5.41, 5.74) is 0. The molecule has 1 saturated heterocycles. The molecule has 0 aromatic rings. The first-order valence-corrected chi connectivity index (χ1v) is 17.9. The summed E-state index contributed by atoms with van der Waals surface area (Å²) in [5, 5.41) is 4.10. The van der Waals surface area contributed by atoms with E-state index in [-0.39, 0.29) is 0 Å². The van der Waals surface area contributed by atoms with Crippen LogP contribution in [0, 0.1) is 47.3 Å². The number of hydrogen-bond donors (Lipinski definition) is 1. The third-order valence-corrected chi connectivity index (χ3v) is 11.9. The maximum atomic E-state index is 4.10. The van der Waals surface area contributed by atoms with Crippen LogP contribution >= 0.6 is 0 Å². The molecular formula is C36H67N. The van der Waals surface area contributed by atoms with Gasteiger partial charge < -0.3 is 5.32 Å². The van der Waals surface area contributed by atoms with Gasteiger partial charge in [-0.3, -0.25) is 0 Å². The van der Waals surface area contributed by atoms with Gasteiger partial charge in [0.1, 0.15) is 0 Å². The van der Waals surface area contributed by atoms with Gasteiger partial charge in [-0.25, -0.2) is 0 Å². The molecule has 0 spiro atoms. The Labute approximate surface area is 233 Å². The Hall–Kier alpha value is -0.0400. The minimum absolute atomic E-state index is 0.926. The minimum Gasteiger partial charge on any atom is -0.316 e. The van der Waals surface area contributed by atoms with Crippen molar-refractivity contribution in [2.24, 2.45) is 47.3 Å². The molecule has 0 radical (unpaired) electrons. The van der Waals surface area contributed by atoms with Crippen LogP contribution in [0.4, 0.5) is 0 Å². The number of nitrogens with one attached hydrogen (secondary N) is 1. The van der Waals surface area contributed by atoms with Gasteiger partial charge in [0, 0.05) is 0 Å². The van der Waals surface area contributed by atoms with Gasteiger partial charge in [-0.1, -0.05) is 136 Å². The zero-order valence-corrected chi connectivity index (χ0v) is 25.5. The lowest BCUT2D eigenvalue weighted by atomic mass is 9.65. The van der Waals surface area contributed by atoms with Crippen molar-refractivity contribution < 1.29 is 0 Å². The molecule has 0 aromatic carbocycles. The van der Waals surface area contributed by atoms with Gasteiger partial charge >= 0.3 is 0 Å². The van der Waals surface area contributed by atoms with Crippen LogP contribution in [0.1, 0.15) is 168 Å². The first-order valence-electron chi connectivity index (χ1n) is 17.9. The second-order valence-corrected chi connectivity index (χ2v) is 14.9. The summed E-state index contributed by atoms with van der Waals surface area (Å²) in [6, 6.07) is 0. The monoisotopic (exact) mass is 514 g/mol. The molecule has 3 saturated carbocycles. The Morgan fingerprint density at radius 3 is 1.62 bits per heavy atom. The molecule has 0 bridgehead atoms. The van der Waals surface area contributed by atoms with E-state index in [0.29, 0.717) is 0 Å². The summed E-state index contributed by atoms with van der Waals surface area (Å²) < 4.78 is 0. The molecule has 1 N–H and O–H groups in total. The molecule has 1 aliphatic heterocycles. The second kappa shape index (κ2) is 16.9. The highest BCUT2D eigenvalue weighted by atomic mass is 14.9. The fourth-order valence-corrected chi connectivity index (χ4v) is 9.93. The molecule has 4 aliphatic rings. The van der Waals surface area contributed by atoms with Crippen LogP contribution in [-0.2, 0) is 0 Å². The zero-order valence-electron chi connectivity index (χ0n) is 25.5. The van der Waals surface area contributed by atoms with E-state index in [1.807, 2.05) is 0 Å². The maximum Gasteiger partial charge on any atom is -0.00178 e. The highest BCUT2D eigenvalue weighted by Crippen LogP contribution is 2.45. The summed E-state index contributed by atoms with van der Waals surface area (Å²) in [6.45, 7) is 7.83. The Kier molecular flexibility index (Phi) is 13.7. The third kappa shape index (κ3) is 10.1. The van der Waals surface area contributed by atoms with E-state index >= 15 is 0 Å². The fraction of sp³-hybridized carbons (Fsp3) is 1.00. The molecule has 0 amide bonds. The van der Waals surface area contributed by atoms with Crippen molar-refractivity contribution in [1.82, 2.24) is 5.32 Å². The van der Waals surface area contributed by atoms with Gasteiger partial charge in [-0.15, -0.1) is 0 Å². The summed E-state index contributed by atoms with van der Waals surface area (Å²) >= 11 is 0. The van der Waals surface area contributed by atoms with Crippen molar-refractivity contribution in [3.8, 4) is 0 Å². The van der Waals surface area contributed by atoms with Crippen molar-refractivity contribution >= 4 is 0 Å². The Morgan fingerprint density at radius 1 is 0.378 bits per heavy atom. The van der Waals surface area contributed by atoms with E-state index in [1.54, 1.807) is 25.7 Å². The SMILES string of the molecule is CC1CCCCCC(C2CCCC(C3CCCCCC3)CCNC2)C(C2CCCCCCC2)CC(C)C1. The lowest BCUT2D eigenvalue weighted by Gasteiger charge is -2.41. The zero-order chi connectivity index (χ0) is 25.7. The molecule has 6 unspecified atom stereocenters. The molecule has 37 heavy (non-hydrogen) atoms. The van der Waals surface area contributed by atoms with Gasteiger partial charge in [0.15, 0.2) is 0 Å². The molecule has 4 rings (SSSR count). The Bertz CT molecular complexity index is 569. The van der Waals surface area contributed by atoms with Crippen LogP contribution in [-0.4, -0.2) is 13.1 Å². The van der Waals surface area contributed by atoms with Crippen LogP contribution in [0.5, 0.6) is 0 Å². The fourth-order valence-electron chi connectivity index (χ4n) is 9.93. The van der Waals surface area contributed by atoms with Gasteiger partial charge in [0.05, 0.1) is 0 Å². The topological polar surface area (TPSA) is 12.0 Å². The summed E-state index contributed by atoms with van der Waals surface area (Å²) in [6.07, 6.45) is 36.4. The van der Waals surface area contributed by atoms with E-state index in [4.69, 9.17) is 0 Å². The molecule has 3 aliphatic carbocycles. The van der Waals surface area contributed by atoms with Crippen LogP contribution in [0.25, 0.3) is 0 Å². The second-order valence-electron chi connectivity index (χ2n) is 14.9. The summed E-state index contributed by atoms with van der Waals surface area (Å²) in [7, 11) is 0. The minimum atomic E-state index is 0.926. The number of rotatable bonds is 3. The standard InChI is InChI=1S/C36H67N/c1-29-16-9-8-14-23-35(36(27-30(2)26-29)33-19-12-4-3-5-13-20-33)34-22-15-21-32(24-25-37-28-34)31-17-10-6-7-11-18-31/h29-37H,3-28H2,1-2H3. The first-order chi connectivity index (χ1) is 18.2. The maximum absolute atomic E-state index is 4.10. The molecule has 4 fully saturated rings. The molecular weight excluding hydrogens is 446 g/mol. The van der Waals surface area contributed by atoms with Gasteiger partial charge in [0.2, 0.25) is 0 Å². The molecule has 1 heteroatoms. The van der Waals surface area contributed by atoms with E-state index in [1.165, 1.54) is 142 Å². The predicted octanol–water partition coefficient (Wildman–Crippen LogP) is 11.0. The Balaban J connectivity index is 1.47. The highest BCUT2D eigenvalue weighted by Gasteiger charge is 2.36. The largest absolute Gasteiger partial charge is 0.316 e. The molecule has 6 atom stereocenters. The first kappa shape index (κ1) is 29.9. The number of hydrogen-bond acceptors (Lipinski definition) is 1. The molecule has 216 valence electrons. The third-order valence-electron chi connectivity index (χ3n) is 11.9. The van der Waals surface area contributed by atoms with Crippen molar-refractivity contribution in [2.75, 3.05) is 13.1 Å². The summed E-state index contributed by atoms with van der Waals surface area (Å²) in [4.78, 5) is 0. The van der Waals surface area contributed by atoms with Gasteiger partial charge in [0.25, 0.3) is 0 Å². The van der Waals surface area contributed by atoms with Gasteiger partial charge in [-0.05, 0) is 92.5 Å². The Morgan fingerprint density at radius 2 is 0.892 bits per heavy atom.